The van der Waals surface area contributed by atoms with Gasteiger partial charge in [-0.3, -0.25) is 9.59 Å². The zero-order chi connectivity index (χ0) is 19.1. The summed E-state index contributed by atoms with van der Waals surface area (Å²) in [4.78, 5) is 36.4. The number of ether oxygens (including phenoxy) is 1. The van der Waals surface area contributed by atoms with Gasteiger partial charge in [-0.15, -0.1) is 11.3 Å². The normalized spacial score (nSPS) is 10.4. The summed E-state index contributed by atoms with van der Waals surface area (Å²) in [7, 11) is 0. The lowest BCUT2D eigenvalue weighted by molar-refractivity contribution is -0.127. The van der Waals surface area contributed by atoms with Crippen molar-refractivity contribution in [1.82, 2.24) is 15.2 Å². The zero-order valence-electron chi connectivity index (χ0n) is 15.1. The van der Waals surface area contributed by atoms with E-state index in [4.69, 9.17) is 4.74 Å². The van der Waals surface area contributed by atoms with Gasteiger partial charge in [0.15, 0.2) is 6.61 Å². The highest BCUT2D eigenvalue weighted by atomic mass is 32.1. The number of aryl methyl sites for hydroxylation is 1. The van der Waals surface area contributed by atoms with Crippen LogP contribution in [-0.2, 0) is 20.9 Å². The lowest BCUT2D eigenvalue weighted by Gasteiger charge is -2.09. The van der Waals surface area contributed by atoms with Crippen molar-refractivity contribution in [3.63, 3.8) is 0 Å². The topological polar surface area (TPSA) is 89.4 Å². The Morgan fingerprint density at radius 2 is 1.96 bits per heavy atom. The van der Waals surface area contributed by atoms with Crippen molar-refractivity contribution in [3.05, 3.63) is 45.4 Å². The standard InChI is InChI=1S/C18H23N3O4S/c1-4-19-16(22)9-20-17(23)11-25-18(24)15-8-12(2)21(13(15)3)10-14-6-5-7-26-14/h5-8H,4,9-11H2,1-3H3,(H,19,22)(H,20,23). The zero-order valence-corrected chi connectivity index (χ0v) is 15.9. The number of nitrogens with one attached hydrogen (secondary N) is 2. The van der Waals surface area contributed by atoms with E-state index in [2.05, 4.69) is 10.6 Å². The van der Waals surface area contributed by atoms with Gasteiger partial charge in [-0.25, -0.2) is 4.79 Å². The fourth-order valence-corrected chi connectivity index (χ4v) is 3.20. The number of nitrogens with zero attached hydrogens (tertiary/aromatic N) is 1. The number of amides is 2. The molecule has 0 aromatic carbocycles. The number of carbonyl (C=O) groups excluding carboxylic acids is 3. The van der Waals surface area contributed by atoms with E-state index < -0.39 is 18.5 Å². The molecule has 0 radical (unpaired) electrons. The van der Waals surface area contributed by atoms with E-state index in [0.29, 0.717) is 18.7 Å². The largest absolute Gasteiger partial charge is 0.452 e. The third-order valence-electron chi connectivity index (χ3n) is 3.84. The van der Waals surface area contributed by atoms with Gasteiger partial charge in [-0.2, -0.15) is 0 Å². The Kier molecular flexibility index (Phi) is 6.97. The van der Waals surface area contributed by atoms with Crippen molar-refractivity contribution < 1.29 is 19.1 Å². The molecule has 0 aliphatic rings. The highest BCUT2D eigenvalue weighted by Crippen LogP contribution is 2.19. The molecule has 0 saturated carbocycles. The molecule has 0 bridgehead atoms. The molecule has 2 N–H and O–H groups in total. The molecule has 2 amide bonds. The molecule has 0 spiro atoms. The van der Waals surface area contributed by atoms with Gasteiger partial charge in [-0.05, 0) is 38.3 Å². The Labute approximate surface area is 156 Å². The van der Waals surface area contributed by atoms with Gasteiger partial charge in [0.05, 0.1) is 18.7 Å². The van der Waals surface area contributed by atoms with E-state index in [0.717, 1.165) is 11.4 Å². The average molecular weight is 377 g/mol. The highest BCUT2D eigenvalue weighted by molar-refractivity contribution is 7.09. The Morgan fingerprint density at radius 3 is 2.62 bits per heavy atom. The summed E-state index contributed by atoms with van der Waals surface area (Å²) >= 11 is 1.66. The van der Waals surface area contributed by atoms with E-state index >= 15 is 0 Å². The predicted octanol–water partition coefficient (Wildman–Crippen LogP) is 1.62. The van der Waals surface area contributed by atoms with Gasteiger partial charge in [0.2, 0.25) is 5.91 Å². The van der Waals surface area contributed by atoms with Crippen LogP contribution in [0.5, 0.6) is 0 Å². The first-order valence-electron chi connectivity index (χ1n) is 8.32. The number of hydrogen-bond donors (Lipinski definition) is 2. The molecule has 2 aromatic heterocycles. The molecule has 0 saturated heterocycles. The van der Waals surface area contributed by atoms with Crippen LogP contribution in [0.3, 0.4) is 0 Å². The summed E-state index contributed by atoms with van der Waals surface area (Å²) in [6, 6.07) is 5.79. The first-order chi connectivity index (χ1) is 12.4. The molecule has 0 fully saturated rings. The van der Waals surface area contributed by atoms with Crippen LogP contribution < -0.4 is 10.6 Å². The average Bonchev–Trinajstić information content (AvgIpc) is 3.22. The smallest absolute Gasteiger partial charge is 0.340 e. The maximum atomic E-state index is 12.3. The molecule has 8 heteroatoms. The summed E-state index contributed by atoms with van der Waals surface area (Å²) in [5, 5.41) is 6.98. The van der Waals surface area contributed by atoms with Crippen molar-refractivity contribution in [1.29, 1.82) is 0 Å². The molecule has 7 nitrogen and oxygen atoms in total. The molecular weight excluding hydrogens is 354 g/mol. The third kappa shape index (κ3) is 5.19. The maximum Gasteiger partial charge on any atom is 0.340 e. The van der Waals surface area contributed by atoms with Crippen molar-refractivity contribution in [2.45, 2.75) is 27.3 Å². The number of thiophene rings is 1. The number of likely N-dealkylation sites (N-methyl/N-ethyl adjacent to an activating group) is 1. The van der Waals surface area contributed by atoms with Gasteiger partial charge in [-0.1, -0.05) is 6.07 Å². The molecule has 0 aliphatic heterocycles. The maximum absolute atomic E-state index is 12.3. The van der Waals surface area contributed by atoms with E-state index in [9.17, 15) is 14.4 Å². The monoisotopic (exact) mass is 377 g/mol. The Morgan fingerprint density at radius 1 is 1.19 bits per heavy atom. The quantitative estimate of drug-likeness (QED) is 0.684. The van der Waals surface area contributed by atoms with Crippen LogP contribution in [0.25, 0.3) is 0 Å². The van der Waals surface area contributed by atoms with Crippen LogP contribution >= 0.6 is 11.3 Å². The molecular formula is C18H23N3O4S. The molecule has 26 heavy (non-hydrogen) atoms. The van der Waals surface area contributed by atoms with Crippen LogP contribution in [0, 0.1) is 13.8 Å². The number of rotatable bonds is 8. The van der Waals surface area contributed by atoms with E-state index in [1.807, 2.05) is 35.9 Å². The van der Waals surface area contributed by atoms with E-state index in [-0.39, 0.29) is 12.5 Å². The summed E-state index contributed by atoms with van der Waals surface area (Å²) in [5.41, 5.74) is 2.18. The van der Waals surface area contributed by atoms with Crippen LogP contribution in [0.15, 0.2) is 23.6 Å². The highest BCUT2D eigenvalue weighted by Gasteiger charge is 2.18. The van der Waals surface area contributed by atoms with Gasteiger partial charge in [0.25, 0.3) is 5.91 Å². The number of aromatic nitrogens is 1. The van der Waals surface area contributed by atoms with E-state index in [1.54, 1.807) is 24.3 Å². The molecule has 0 unspecified atom stereocenters. The van der Waals surface area contributed by atoms with Crippen molar-refractivity contribution in [2.75, 3.05) is 19.7 Å². The minimum Gasteiger partial charge on any atom is -0.452 e. The van der Waals surface area contributed by atoms with Crippen molar-refractivity contribution >= 4 is 29.1 Å². The minimum absolute atomic E-state index is 0.139. The second-order valence-electron chi connectivity index (χ2n) is 5.76. The van der Waals surface area contributed by atoms with Crippen LogP contribution in [0.2, 0.25) is 0 Å². The lowest BCUT2D eigenvalue weighted by atomic mass is 10.2. The van der Waals surface area contributed by atoms with Gasteiger partial charge in [0.1, 0.15) is 0 Å². The summed E-state index contributed by atoms with van der Waals surface area (Å²) < 4.78 is 7.11. The minimum atomic E-state index is -0.552. The predicted molar refractivity (Wildman–Crippen MR) is 99.3 cm³/mol. The van der Waals surface area contributed by atoms with Gasteiger partial charge in [0, 0.05) is 22.8 Å². The molecule has 2 aromatic rings. The molecule has 0 aliphatic carbocycles. The van der Waals surface area contributed by atoms with Crippen molar-refractivity contribution in [3.8, 4) is 0 Å². The lowest BCUT2D eigenvalue weighted by Crippen LogP contribution is -2.38. The number of hydrogen-bond acceptors (Lipinski definition) is 5. The SMILES string of the molecule is CCNC(=O)CNC(=O)COC(=O)c1cc(C)n(Cc2cccs2)c1C. The van der Waals surface area contributed by atoms with Crippen LogP contribution in [0.4, 0.5) is 0 Å². The molecule has 2 rings (SSSR count). The Balaban J connectivity index is 1.91. The molecule has 140 valence electrons. The Hall–Kier alpha value is -2.61. The number of esters is 1. The summed E-state index contributed by atoms with van der Waals surface area (Å²) in [5.74, 6) is -1.36. The van der Waals surface area contributed by atoms with Crippen molar-refractivity contribution in [2.24, 2.45) is 0 Å². The Bertz CT molecular complexity index is 781. The van der Waals surface area contributed by atoms with Crippen LogP contribution in [0.1, 0.15) is 33.5 Å². The molecule has 0 atom stereocenters. The molecule has 2 heterocycles. The first-order valence-corrected chi connectivity index (χ1v) is 9.20. The third-order valence-corrected chi connectivity index (χ3v) is 4.70. The van der Waals surface area contributed by atoms with Gasteiger partial charge < -0.3 is 19.9 Å². The fraction of sp³-hybridized carbons (Fsp3) is 0.389. The first kappa shape index (κ1) is 19.7. The summed E-state index contributed by atoms with van der Waals surface area (Å²) in [6.07, 6.45) is 0. The summed E-state index contributed by atoms with van der Waals surface area (Å²) in [6.45, 7) is 6.19. The fourth-order valence-electron chi connectivity index (χ4n) is 2.51. The second-order valence-corrected chi connectivity index (χ2v) is 6.79. The second kappa shape index (κ2) is 9.19. The van der Waals surface area contributed by atoms with Crippen LogP contribution in [-0.4, -0.2) is 42.0 Å². The van der Waals surface area contributed by atoms with Gasteiger partial charge >= 0.3 is 5.97 Å². The number of carbonyl (C=O) groups is 3. The van der Waals surface area contributed by atoms with E-state index in [1.165, 1.54) is 4.88 Å².